The Balaban J connectivity index is 2.04. The highest BCUT2D eigenvalue weighted by molar-refractivity contribution is 4.98. The van der Waals surface area contributed by atoms with E-state index in [0.717, 1.165) is 0 Å². The Morgan fingerprint density at radius 3 is 2.29 bits per heavy atom. The number of hydrogen-bond acceptors (Lipinski definition) is 9. The molecule has 2 aliphatic rings. The normalized spacial score (nSPS) is 51.9. The van der Waals surface area contributed by atoms with Crippen molar-refractivity contribution >= 4 is 0 Å². The van der Waals surface area contributed by atoms with Crippen LogP contribution in [0.4, 0.5) is 0 Å². The monoisotopic (exact) mass is 306 g/mol. The molecule has 21 heavy (non-hydrogen) atoms. The zero-order valence-electron chi connectivity index (χ0n) is 11.8. The lowest BCUT2D eigenvalue weighted by Crippen LogP contribution is -2.65. The second kappa shape index (κ2) is 6.82. The van der Waals surface area contributed by atoms with Crippen molar-refractivity contribution in [2.45, 2.75) is 67.8 Å². The van der Waals surface area contributed by atoms with Gasteiger partial charge in [-0.15, -0.1) is 0 Å². The summed E-state index contributed by atoms with van der Waals surface area (Å²) in [6.45, 7) is 0.219. The van der Waals surface area contributed by atoms with Gasteiger partial charge < -0.3 is 47.7 Å². The molecule has 1 saturated carbocycles. The second-order valence-corrected chi connectivity index (χ2v) is 5.89. The van der Waals surface area contributed by atoms with E-state index in [0.29, 0.717) is 12.8 Å². The Morgan fingerprint density at radius 1 is 1.00 bits per heavy atom. The van der Waals surface area contributed by atoms with Crippen LogP contribution in [-0.2, 0) is 9.47 Å². The molecule has 1 heterocycles. The van der Waals surface area contributed by atoms with Gasteiger partial charge in [0.1, 0.15) is 12.2 Å². The van der Waals surface area contributed by atoms with Crippen LogP contribution < -0.4 is 22.9 Å². The summed E-state index contributed by atoms with van der Waals surface area (Å²) in [6, 6.07) is -1.96. The largest absolute Gasteiger partial charge is 0.391 e. The SMILES string of the molecule is NC[C@@H]1C[C@H](O)[C@@H](N)[C@@H](O[C@H]2[C@H](O)[C@@H](O)[C@H](N)C[C@@H]2N)O1. The van der Waals surface area contributed by atoms with Gasteiger partial charge in [-0.2, -0.15) is 0 Å². The summed E-state index contributed by atoms with van der Waals surface area (Å²) in [5, 5.41) is 29.8. The number of rotatable bonds is 3. The summed E-state index contributed by atoms with van der Waals surface area (Å²) in [4.78, 5) is 0. The third-order valence-corrected chi connectivity index (χ3v) is 4.24. The van der Waals surface area contributed by atoms with Gasteiger partial charge in [0.15, 0.2) is 6.29 Å². The molecule has 1 aliphatic carbocycles. The summed E-state index contributed by atoms with van der Waals surface area (Å²) in [7, 11) is 0. The summed E-state index contributed by atoms with van der Waals surface area (Å²) in [6.07, 6.45) is -4.78. The topological polar surface area (TPSA) is 183 Å². The molecule has 9 heteroatoms. The molecule has 0 aromatic carbocycles. The standard InChI is InChI=1S/C12H26N4O5/c13-3-4-1-7(17)8(16)12(20-4)21-11-6(15)2-5(14)9(18)10(11)19/h4-12,17-19H,1-3,13-16H2/t4-,5+,6-,7-,8+,9-,10+,11+,12+/m0/s1. The first-order chi connectivity index (χ1) is 9.85. The van der Waals surface area contributed by atoms with Crippen LogP contribution in [-0.4, -0.2) is 76.8 Å². The lowest BCUT2D eigenvalue weighted by molar-refractivity contribution is -0.265. The molecule has 0 unspecified atom stereocenters. The fourth-order valence-corrected chi connectivity index (χ4v) is 2.84. The first kappa shape index (κ1) is 17.0. The highest BCUT2D eigenvalue weighted by atomic mass is 16.7. The minimum atomic E-state index is -1.24. The molecule has 0 amide bonds. The first-order valence-corrected chi connectivity index (χ1v) is 7.17. The van der Waals surface area contributed by atoms with E-state index in [4.69, 9.17) is 32.4 Å². The highest BCUT2D eigenvalue weighted by Crippen LogP contribution is 2.26. The predicted molar refractivity (Wildman–Crippen MR) is 73.8 cm³/mol. The second-order valence-electron chi connectivity index (χ2n) is 5.89. The van der Waals surface area contributed by atoms with Crippen molar-refractivity contribution in [1.82, 2.24) is 0 Å². The fraction of sp³-hybridized carbons (Fsp3) is 1.00. The van der Waals surface area contributed by atoms with Gasteiger partial charge in [-0.1, -0.05) is 0 Å². The molecule has 9 nitrogen and oxygen atoms in total. The van der Waals surface area contributed by atoms with Gasteiger partial charge in [0.2, 0.25) is 0 Å². The Labute approximate surface area is 123 Å². The lowest BCUT2D eigenvalue weighted by atomic mass is 9.84. The minimum absolute atomic E-state index is 0.219. The van der Waals surface area contributed by atoms with Crippen molar-refractivity contribution < 1.29 is 24.8 Å². The molecule has 0 aromatic rings. The van der Waals surface area contributed by atoms with E-state index < -0.39 is 48.8 Å². The van der Waals surface area contributed by atoms with Crippen molar-refractivity contribution in [2.24, 2.45) is 22.9 Å². The van der Waals surface area contributed by atoms with Crippen molar-refractivity contribution in [2.75, 3.05) is 6.54 Å². The smallest absolute Gasteiger partial charge is 0.176 e. The van der Waals surface area contributed by atoms with Crippen LogP contribution in [0.5, 0.6) is 0 Å². The van der Waals surface area contributed by atoms with E-state index in [1.54, 1.807) is 0 Å². The van der Waals surface area contributed by atoms with E-state index in [9.17, 15) is 15.3 Å². The van der Waals surface area contributed by atoms with Crippen molar-refractivity contribution in [3.63, 3.8) is 0 Å². The van der Waals surface area contributed by atoms with Crippen LogP contribution in [0.1, 0.15) is 12.8 Å². The van der Waals surface area contributed by atoms with Crippen molar-refractivity contribution in [3.05, 3.63) is 0 Å². The van der Waals surface area contributed by atoms with Gasteiger partial charge in [0, 0.05) is 25.0 Å². The van der Waals surface area contributed by atoms with Crippen LogP contribution in [0.25, 0.3) is 0 Å². The average Bonchev–Trinajstić information content (AvgIpc) is 2.45. The molecule has 124 valence electrons. The van der Waals surface area contributed by atoms with Crippen molar-refractivity contribution in [1.29, 1.82) is 0 Å². The molecule has 1 aliphatic heterocycles. The maximum absolute atomic E-state index is 10.1. The molecule has 0 bridgehead atoms. The molecule has 0 aromatic heterocycles. The third kappa shape index (κ3) is 3.52. The molecule has 9 atom stereocenters. The van der Waals surface area contributed by atoms with Gasteiger partial charge >= 0.3 is 0 Å². The van der Waals surface area contributed by atoms with Gasteiger partial charge in [0.25, 0.3) is 0 Å². The van der Waals surface area contributed by atoms with Crippen LogP contribution in [0, 0.1) is 0 Å². The zero-order chi connectivity index (χ0) is 15.7. The van der Waals surface area contributed by atoms with E-state index >= 15 is 0 Å². The van der Waals surface area contributed by atoms with Crippen LogP contribution in [0.3, 0.4) is 0 Å². The van der Waals surface area contributed by atoms with Gasteiger partial charge in [0.05, 0.1) is 24.4 Å². The summed E-state index contributed by atoms with van der Waals surface area (Å²) in [5.74, 6) is 0. The zero-order valence-corrected chi connectivity index (χ0v) is 11.8. The van der Waals surface area contributed by atoms with Crippen molar-refractivity contribution in [3.8, 4) is 0 Å². The Bertz CT molecular complexity index is 350. The maximum Gasteiger partial charge on any atom is 0.176 e. The minimum Gasteiger partial charge on any atom is -0.391 e. The third-order valence-electron chi connectivity index (χ3n) is 4.24. The molecule has 0 radical (unpaired) electrons. The van der Waals surface area contributed by atoms with Gasteiger partial charge in [-0.25, -0.2) is 0 Å². The molecule has 2 rings (SSSR count). The predicted octanol–water partition coefficient (Wildman–Crippen LogP) is -4.09. The maximum atomic E-state index is 10.1. The molecule has 1 saturated heterocycles. The Morgan fingerprint density at radius 2 is 1.67 bits per heavy atom. The number of aliphatic hydroxyl groups excluding tert-OH is 3. The number of nitrogens with two attached hydrogens (primary N) is 4. The van der Waals surface area contributed by atoms with Gasteiger partial charge in [-0.05, 0) is 6.42 Å². The van der Waals surface area contributed by atoms with E-state index in [1.807, 2.05) is 0 Å². The number of hydrogen-bond donors (Lipinski definition) is 7. The van der Waals surface area contributed by atoms with Crippen LogP contribution in [0.15, 0.2) is 0 Å². The quantitative estimate of drug-likeness (QED) is 0.272. The fourth-order valence-electron chi connectivity index (χ4n) is 2.84. The highest BCUT2D eigenvalue weighted by Gasteiger charge is 2.45. The first-order valence-electron chi connectivity index (χ1n) is 7.17. The van der Waals surface area contributed by atoms with Crippen LogP contribution in [0.2, 0.25) is 0 Å². The summed E-state index contributed by atoms with van der Waals surface area (Å²) < 4.78 is 11.2. The molecule has 11 N–H and O–H groups in total. The molecule has 0 spiro atoms. The molecular weight excluding hydrogens is 280 g/mol. The van der Waals surface area contributed by atoms with Gasteiger partial charge in [-0.3, -0.25) is 0 Å². The molecular formula is C12H26N4O5. The average molecular weight is 306 g/mol. The number of ether oxygens (including phenoxy) is 2. The summed E-state index contributed by atoms with van der Waals surface area (Å²) >= 11 is 0. The Hall–Kier alpha value is -0.360. The molecule has 2 fully saturated rings. The van der Waals surface area contributed by atoms with E-state index in [-0.39, 0.29) is 12.6 Å². The number of aliphatic hydroxyl groups is 3. The summed E-state index contributed by atoms with van der Waals surface area (Å²) in [5.41, 5.74) is 23.0. The van der Waals surface area contributed by atoms with E-state index in [2.05, 4.69) is 0 Å². The Kier molecular flexibility index (Phi) is 5.52. The van der Waals surface area contributed by atoms with Crippen LogP contribution >= 0.6 is 0 Å². The van der Waals surface area contributed by atoms with E-state index in [1.165, 1.54) is 0 Å². The lowest BCUT2D eigenvalue weighted by Gasteiger charge is -2.44.